The third-order valence-electron chi connectivity index (χ3n) is 3.82. The van der Waals surface area contributed by atoms with E-state index < -0.39 is 6.04 Å². The Morgan fingerprint density at radius 2 is 1.68 bits per heavy atom. The van der Waals surface area contributed by atoms with Crippen LogP contribution in [0.2, 0.25) is 0 Å². The molecule has 0 aliphatic rings. The second-order valence-corrected chi connectivity index (χ2v) is 5.14. The zero-order chi connectivity index (χ0) is 15.1. The van der Waals surface area contributed by atoms with Gasteiger partial charge in [0.1, 0.15) is 11.6 Å². The Hall–Kier alpha value is -3.02. The molecule has 1 atom stereocenters. The van der Waals surface area contributed by atoms with Crippen LogP contribution in [-0.2, 0) is 0 Å². The number of nitrogens with zero attached hydrogens (tertiary/aromatic N) is 5. The van der Waals surface area contributed by atoms with Crippen molar-refractivity contribution < 1.29 is 4.79 Å². The molecule has 4 aromatic rings. The first kappa shape index (κ1) is 12.7. The van der Waals surface area contributed by atoms with E-state index in [-0.39, 0.29) is 5.91 Å². The van der Waals surface area contributed by atoms with E-state index in [0.29, 0.717) is 11.0 Å². The molecule has 0 N–H and O–H groups in total. The summed E-state index contributed by atoms with van der Waals surface area (Å²) in [7, 11) is 0. The number of rotatable bonds is 2. The molecule has 6 heteroatoms. The Bertz CT molecular complexity index is 984. The summed E-state index contributed by atoms with van der Waals surface area (Å²) >= 11 is 0. The molecule has 0 aliphatic heterocycles. The van der Waals surface area contributed by atoms with Gasteiger partial charge in [0.25, 0.3) is 5.91 Å². The Morgan fingerprint density at radius 1 is 1.00 bits per heavy atom. The van der Waals surface area contributed by atoms with E-state index in [1.165, 1.54) is 4.68 Å². The molecule has 0 amide bonds. The third-order valence-corrected chi connectivity index (χ3v) is 3.82. The average Bonchev–Trinajstić information content (AvgIpc) is 3.17. The van der Waals surface area contributed by atoms with Crippen LogP contribution < -0.4 is 0 Å². The highest BCUT2D eigenvalue weighted by Crippen LogP contribution is 2.20. The second kappa shape index (κ2) is 4.77. The number of hydrogen-bond acceptors (Lipinski definition) is 4. The van der Waals surface area contributed by atoms with Crippen LogP contribution in [-0.4, -0.2) is 30.5 Å². The van der Waals surface area contributed by atoms with Crippen molar-refractivity contribution in [2.75, 3.05) is 0 Å². The van der Waals surface area contributed by atoms with Crippen LogP contribution in [0.5, 0.6) is 0 Å². The minimum absolute atomic E-state index is 0.142. The number of carbonyl (C=O) groups excluding carboxylic acids is 1. The summed E-state index contributed by atoms with van der Waals surface area (Å²) in [6, 6.07) is 14.7. The molecule has 0 spiro atoms. The highest BCUT2D eigenvalue weighted by atomic mass is 16.2. The van der Waals surface area contributed by atoms with Crippen LogP contribution in [0, 0.1) is 0 Å². The minimum Gasteiger partial charge on any atom is -0.318 e. The van der Waals surface area contributed by atoms with Crippen LogP contribution in [0.1, 0.15) is 17.8 Å². The normalized spacial score (nSPS) is 12.8. The summed E-state index contributed by atoms with van der Waals surface area (Å²) in [5.41, 5.74) is 3.21. The zero-order valence-electron chi connectivity index (χ0n) is 11.9. The summed E-state index contributed by atoms with van der Waals surface area (Å²) in [5.74, 6) is -0.142. The first-order chi connectivity index (χ1) is 10.8. The molecule has 22 heavy (non-hydrogen) atoms. The molecular formula is C16H13N5O. The summed E-state index contributed by atoms with van der Waals surface area (Å²) in [4.78, 5) is 17.1. The smallest absolute Gasteiger partial charge is 0.271 e. The number of aromatic nitrogens is 5. The molecule has 2 aromatic carbocycles. The van der Waals surface area contributed by atoms with Gasteiger partial charge in [0.2, 0.25) is 0 Å². The lowest BCUT2D eigenvalue weighted by Crippen LogP contribution is -2.23. The molecule has 0 bridgehead atoms. The number of imidazole rings is 1. The van der Waals surface area contributed by atoms with Gasteiger partial charge in [-0.05, 0) is 31.2 Å². The summed E-state index contributed by atoms with van der Waals surface area (Å²) in [6.45, 7) is 1.84. The fourth-order valence-corrected chi connectivity index (χ4v) is 2.61. The molecule has 1 unspecified atom stereocenters. The van der Waals surface area contributed by atoms with Gasteiger partial charge in [-0.2, -0.15) is 4.68 Å². The van der Waals surface area contributed by atoms with E-state index >= 15 is 0 Å². The highest BCUT2D eigenvalue weighted by Gasteiger charge is 2.21. The van der Waals surface area contributed by atoms with Gasteiger partial charge in [0.05, 0.1) is 22.9 Å². The van der Waals surface area contributed by atoms with Crippen molar-refractivity contribution in [1.82, 2.24) is 24.5 Å². The van der Waals surface area contributed by atoms with Gasteiger partial charge in [-0.3, -0.25) is 4.79 Å². The van der Waals surface area contributed by atoms with Crippen molar-refractivity contribution in [1.29, 1.82) is 0 Å². The fraction of sp³-hybridized carbons (Fsp3) is 0.125. The number of benzene rings is 2. The molecule has 2 heterocycles. The molecule has 0 saturated heterocycles. The number of hydrogen-bond donors (Lipinski definition) is 0. The van der Waals surface area contributed by atoms with E-state index in [9.17, 15) is 4.79 Å². The maximum Gasteiger partial charge on any atom is 0.271 e. The predicted octanol–water partition coefficient (Wildman–Crippen LogP) is 2.68. The van der Waals surface area contributed by atoms with Crippen molar-refractivity contribution in [3.63, 3.8) is 0 Å². The first-order valence-electron chi connectivity index (χ1n) is 7.02. The van der Waals surface area contributed by atoms with E-state index in [1.807, 2.05) is 60.0 Å². The topological polar surface area (TPSA) is 65.6 Å². The lowest BCUT2D eigenvalue weighted by molar-refractivity contribution is 0.0839. The first-order valence-corrected chi connectivity index (χ1v) is 7.02. The second-order valence-electron chi connectivity index (χ2n) is 5.14. The lowest BCUT2D eigenvalue weighted by atomic mass is 10.2. The van der Waals surface area contributed by atoms with Crippen LogP contribution in [0.25, 0.3) is 22.1 Å². The highest BCUT2D eigenvalue weighted by molar-refractivity contribution is 5.91. The maximum atomic E-state index is 12.8. The predicted molar refractivity (Wildman–Crippen MR) is 82.6 cm³/mol. The molecule has 0 fully saturated rings. The number of fused-ring (bicyclic) bond motifs is 2. The van der Waals surface area contributed by atoms with Crippen molar-refractivity contribution in [3.05, 3.63) is 54.9 Å². The van der Waals surface area contributed by atoms with Crippen LogP contribution >= 0.6 is 0 Å². The SMILES string of the molecule is CC(C(=O)n1nnc2ccccc21)n1cnc2ccccc21. The zero-order valence-corrected chi connectivity index (χ0v) is 11.9. The number of carbonyl (C=O) groups is 1. The summed E-state index contributed by atoms with van der Waals surface area (Å²) in [6.07, 6.45) is 1.69. The van der Waals surface area contributed by atoms with Crippen molar-refractivity contribution in [2.45, 2.75) is 13.0 Å². The molecule has 0 saturated carbocycles. The van der Waals surface area contributed by atoms with Crippen molar-refractivity contribution >= 4 is 28.0 Å². The Balaban J connectivity index is 1.79. The molecule has 0 aliphatic carbocycles. The molecule has 4 rings (SSSR count). The third kappa shape index (κ3) is 1.81. The van der Waals surface area contributed by atoms with Gasteiger partial charge in [0.15, 0.2) is 0 Å². The summed E-state index contributed by atoms with van der Waals surface area (Å²) < 4.78 is 3.21. The van der Waals surface area contributed by atoms with Gasteiger partial charge in [-0.15, -0.1) is 5.10 Å². The standard InChI is InChI=1S/C16H13N5O/c1-11(20-10-17-12-6-2-4-8-14(12)20)16(22)21-15-9-5-3-7-13(15)18-19-21/h2-11H,1H3. The Labute approximate surface area is 126 Å². The van der Waals surface area contributed by atoms with E-state index in [1.54, 1.807) is 6.33 Å². The van der Waals surface area contributed by atoms with Crippen molar-refractivity contribution in [2.24, 2.45) is 0 Å². The summed E-state index contributed by atoms with van der Waals surface area (Å²) in [5, 5.41) is 8.02. The maximum absolute atomic E-state index is 12.8. The van der Waals surface area contributed by atoms with Crippen molar-refractivity contribution in [3.8, 4) is 0 Å². The van der Waals surface area contributed by atoms with Gasteiger partial charge in [-0.1, -0.05) is 29.5 Å². The quantitative estimate of drug-likeness (QED) is 0.569. The molecule has 108 valence electrons. The molecule has 0 radical (unpaired) electrons. The van der Waals surface area contributed by atoms with E-state index in [4.69, 9.17) is 0 Å². The Kier molecular flexibility index (Phi) is 2.75. The molecule has 2 aromatic heterocycles. The minimum atomic E-state index is -0.419. The van der Waals surface area contributed by atoms with Gasteiger partial charge in [0, 0.05) is 0 Å². The number of para-hydroxylation sites is 3. The molecular weight excluding hydrogens is 278 g/mol. The van der Waals surface area contributed by atoms with Gasteiger partial charge in [-0.25, -0.2) is 4.98 Å². The monoisotopic (exact) mass is 291 g/mol. The van der Waals surface area contributed by atoms with E-state index in [0.717, 1.165) is 11.0 Å². The van der Waals surface area contributed by atoms with Crippen LogP contribution in [0.3, 0.4) is 0 Å². The lowest BCUT2D eigenvalue weighted by Gasteiger charge is -2.13. The van der Waals surface area contributed by atoms with Gasteiger partial charge >= 0.3 is 0 Å². The van der Waals surface area contributed by atoms with Crippen LogP contribution in [0.4, 0.5) is 0 Å². The molecule has 6 nitrogen and oxygen atoms in total. The largest absolute Gasteiger partial charge is 0.318 e. The van der Waals surface area contributed by atoms with Crippen LogP contribution in [0.15, 0.2) is 54.9 Å². The average molecular weight is 291 g/mol. The fourth-order valence-electron chi connectivity index (χ4n) is 2.61. The Morgan fingerprint density at radius 3 is 2.50 bits per heavy atom. The van der Waals surface area contributed by atoms with Gasteiger partial charge < -0.3 is 4.57 Å². The van der Waals surface area contributed by atoms with E-state index in [2.05, 4.69) is 15.3 Å².